The van der Waals surface area contributed by atoms with Crippen LogP contribution in [0.5, 0.6) is 0 Å². The van der Waals surface area contributed by atoms with Crippen molar-refractivity contribution in [2.24, 2.45) is 0 Å². The van der Waals surface area contributed by atoms with Gasteiger partial charge in [-0.15, -0.1) is 0 Å². The number of anilines is 2. The highest BCUT2D eigenvalue weighted by atomic mass is 16.2. The van der Waals surface area contributed by atoms with Crippen molar-refractivity contribution in [2.45, 2.75) is 0 Å². The summed E-state index contributed by atoms with van der Waals surface area (Å²) in [4.78, 5) is 56.3. The molecular weight excluding hydrogens is 320 g/mol. The van der Waals surface area contributed by atoms with E-state index in [9.17, 15) is 14.4 Å². The maximum absolute atomic E-state index is 12.7. The maximum atomic E-state index is 12.7. The standard InChI is InChI=1S/C11H8N10O3/c12-9-16-5-3(7(22)18-9)14-1-20(5)11(24)21-2-15-4-6(21)17-10(13)19-8(4)23/h1-2H,(H3,12,16,18,22)(H3,13,17,19,23). The molecule has 24 heavy (non-hydrogen) atoms. The Bertz CT molecular complexity index is 1150. The normalized spacial score (nSPS) is 11.3. The molecule has 0 bridgehead atoms. The quantitative estimate of drug-likeness (QED) is 0.288. The number of fused-ring (bicyclic) bond motifs is 2. The summed E-state index contributed by atoms with van der Waals surface area (Å²) in [6.45, 7) is 0. The fourth-order valence-electron chi connectivity index (χ4n) is 2.25. The Labute approximate surface area is 130 Å². The lowest BCUT2D eigenvalue weighted by Crippen LogP contribution is -2.21. The first-order valence-corrected chi connectivity index (χ1v) is 6.46. The van der Waals surface area contributed by atoms with Gasteiger partial charge in [0.2, 0.25) is 11.9 Å². The lowest BCUT2D eigenvalue weighted by Gasteiger charge is -2.04. The van der Waals surface area contributed by atoms with E-state index >= 15 is 0 Å². The molecule has 0 spiro atoms. The van der Waals surface area contributed by atoms with Gasteiger partial charge in [0.15, 0.2) is 22.3 Å². The van der Waals surface area contributed by atoms with Crippen molar-refractivity contribution in [3.8, 4) is 0 Å². The Kier molecular flexibility index (Phi) is 2.54. The number of H-pyrrole nitrogens is 2. The molecule has 0 radical (unpaired) electrons. The lowest BCUT2D eigenvalue weighted by atomic mass is 10.5. The number of hydrogen-bond donors (Lipinski definition) is 4. The Morgan fingerprint density at radius 2 is 1.29 bits per heavy atom. The van der Waals surface area contributed by atoms with Crippen molar-refractivity contribution in [3.63, 3.8) is 0 Å². The van der Waals surface area contributed by atoms with Crippen LogP contribution < -0.4 is 22.6 Å². The van der Waals surface area contributed by atoms with E-state index in [1.54, 1.807) is 0 Å². The van der Waals surface area contributed by atoms with Crippen LogP contribution in [0.2, 0.25) is 0 Å². The maximum Gasteiger partial charge on any atom is 0.342 e. The van der Waals surface area contributed by atoms with E-state index in [2.05, 4.69) is 29.9 Å². The van der Waals surface area contributed by atoms with E-state index in [0.29, 0.717) is 0 Å². The monoisotopic (exact) mass is 328 g/mol. The summed E-state index contributed by atoms with van der Waals surface area (Å²) < 4.78 is 1.97. The second-order valence-corrected chi connectivity index (χ2v) is 4.76. The summed E-state index contributed by atoms with van der Waals surface area (Å²) >= 11 is 0. The lowest BCUT2D eigenvalue weighted by molar-refractivity contribution is 0.245. The van der Waals surface area contributed by atoms with Crippen molar-refractivity contribution in [2.75, 3.05) is 11.5 Å². The van der Waals surface area contributed by atoms with Crippen molar-refractivity contribution in [1.29, 1.82) is 0 Å². The number of imidazole rings is 2. The molecule has 0 atom stereocenters. The van der Waals surface area contributed by atoms with Crippen LogP contribution >= 0.6 is 0 Å². The molecule has 0 aromatic carbocycles. The van der Waals surface area contributed by atoms with Crippen LogP contribution in [0.1, 0.15) is 0 Å². The minimum atomic E-state index is -0.713. The number of aromatic amines is 2. The van der Waals surface area contributed by atoms with Gasteiger partial charge >= 0.3 is 6.03 Å². The molecule has 13 nitrogen and oxygen atoms in total. The molecule has 4 aromatic rings. The van der Waals surface area contributed by atoms with E-state index in [-0.39, 0.29) is 34.2 Å². The number of carbonyl (C=O) groups excluding carboxylic acids is 1. The highest BCUT2D eigenvalue weighted by Crippen LogP contribution is 2.11. The van der Waals surface area contributed by atoms with Crippen molar-refractivity contribution in [3.05, 3.63) is 33.4 Å². The van der Waals surface area contributed by atoms with Crippen LogP contribution in [0, 0.1) is 0 Å². The second kappa shape index (κ2) is 4.48. The molecule has 0 saturated heterocycles. The molecular formula is C11H8N10O3. The molecule has 4 rings (SSSR count). The molecule has 4 heterocycles. The van der Waals surface area contributed by atoms with Crippen LogP contribution in [-0.2, 0) is 0 Å². The Morgan fingerprint density at radius 1 is 0.875 bits per heavy atom. The van der Waals surface area contributed by atoms with Gasteiger partial charge in [-0.2, -0.15) is 9.97 Å². The van der Waals surface area contributed by atoms with Gasteiger partial charge in [0.05, 0.1) is 0 Å². The fraction of sp³-hybridized carbons (Fsp3) is 0. The van der Waals surface area contributed by atoms with Crippen LogP contribution in [-0.4, -0.2) is 45.1 Å². The van der Waals surface area contributed by atoms with Crippen LogP contribution in [0.3, 0.4) is 0 Å². The Balaban J connectivity index is 1.98. The Hall–Kier alpha value is -4.03. The van der Waals surface area contributed by atoms with Crippen LogP contribution in [0.4, 0.5) is 16.7 Å². The zero-order chi connectivity index (χ0) is 17.0. The van der Waals surface area contributed by atoms with Crippen LogP contribution in [0.25, 0.3) is 22.3 Å². The zero-order valence-electron chi connectivity index (χ0n) is 11.7. The molecule has 0 aliphatic carbocycles. The van der Waals surface area contributed by atoms with Gasteiger partial charge < -0.3 is 11.5 Å². The van der Waals surface area contributed by atoms with Gasteiger partial charge in [-0.1, -0.05) is 0 Å². The number of rotatable bonds is 0. The highest BCUT2D eigenvalue weighted by Gasteiger charge is 2.20. The number of nitrogens with one attached hydrogen (secondary N) is 2. The Morgan fingerprint density at radius 3 is 1.71 bits per heavy atom. The van der Waals surface area contributed by atoms with E-state index in [1.165, 1.54) is 0 Å². The summed E-state index contributed by atoms with van der Waals surface area (Å²) in [5.74, 6) is -0.340. The predicted octanol–water partition coefficient (Wildman–Crippen LogP) is -1.77. The molecule has 120 valence electrons. The number of carbonyl (C=O) groups is 1. The first-order valence-electron chi connectivity index (χ1n) is 6.46. The van der Waals surface area contributed by atoms with Gasteiger partial charge in [0, 0.05) is 0 Å². The summed E-state index contributed by atoms with van der Waals surface area (Å²) in [5, 5.41) is 0. The van der Waals surface area contributed by atoms with Gasteiger partial charge in [-0.05, 0) is 0 Å². The third-order valence-corrected chi connectivity index (χ3v) is 3.26. The zero-order valence-corrected chi connectivity index (χ0v) is 11.7. The third kappa shape index (κ3) is 1.78. The summed E-state index contributed by atoms with van der Waals surface area (Å²) in [5.41, 5.74) is 9.60. The topological polar surface area (TPSA) is 196 Å². The molecule has 0 amide bonds. The molecule has 0 fully saturated rings. The first kappa shape index (κ1) is 13.6. The van der Waals surface area contributed by atoms with E-state index in [0.717, 1.165) is 21.8 Å². The average Bonchev–Trinajstić information content (AvgIpc) is 3.10. The minimum absolute atomic E-state index is 0.0408. The first-order chi connectivity index (χ1) is 11.5. The number of aromatic nitrogens is 8. The van der Waals surface area contributed by atoms with Gasteiger partial charge in [0.1, 0.15) is 12.7 Å². The molecule has 0 aliphatic heterocycles. The fourth-order valence-corrected chi connectivity index (χ4v) is 2.25. The van der Waals surface area contributed by atoms with E-state index < -0.39 is 17.1 Å². The second-order valence-electron chi connectivity index (χ2n) is 4.76. The van der Waals surface area contributed by atoms with Crippen molar-refractivity contribution >= 4 is 40.3 Å². The van der Waals surface area contributed by atoms with Crippen molar-refractivity contribution in [1.82, 2.24) is 39.0 Å². The largest absolute Gasteiger partial charge is 0.369 e. The number of hydrogen-bond acceptors (Lipinski definition) is 9. The third-order valence-electron chi connectivity index (χ3n) is 3.26. The summed E-state index contributed by atoms with van der Waals surface area (Å²) in [7, 11) is 0. The smallest absolute Gasteiger partial charge is 0.342 e. The van der Waals surface area contributed by atoms with Gasteiger partial charge in [0.25, 0.3) is 11.1 Å². The number of nitrogens with two attached hydrogens (primary N) is 2. The van der Waals surface area contributed by atoms with E-state index in [1.807, 2.05) is 0 Å². The molecule has 13 heteroatoms. The molecule has 6 N–H and O–H groups in total. The summed E-state index contributed by atoms with van der Waals surface area (Å²) in [6, 6.07) is -0.713. The number of nitrogens with zero attached hydrogens (tertiary/aromatic N) is 6. The highest BCUT2D eigenvalue weighted by molar-refractivity contribution is 5.93. The average molecular weight is 328 g/mol. The van der Waals surface area contributed by atoms with E-state index in [4.69, 9.17) is 11.5 Å². The molecule has 0 saturated carbocycles. The predicted molar refractivity (Wildman–Crippen MR) is 81.3 cm³/mol. The van der Waals surface area contributed by atoms with Gasteiger partial charge in [-0.25, -0.2) is 23.9 Å². The minimum Gasteiger partial charge on any atom is -0.369 e. The van der Waals surface area contributed by atoms with Gasteiger partial charge in [-0.3, -0.25) is 19.6 Å². The van der Waals surface area contributed by atoms with Crippen LogP contribution in [0.15, 0.2) is 22.2 Å². The molecule has 0 unspecified atom stereocenters. The number of nitrogen functional groups attached to an aromatic ring is 2. The SMILES string of the molecule is Nc1nc2c(ncn2C(=O)n2cnc3c(=O)[nH]c(N)nc32)c(=O)[nH]1. The van der Waals surface area contributed by atoms with Crippen molar-refractivity contribution < 1.29 is 4.79 Å². The molecule has 4 aromatic heterocycles. The summed E-state index contributed by atoms with van der Waals surface area (Å²) in [6.07, 6.45) is 2.22. The molecule has 0 aliphatic rings.